The van der Waals surface area contributed by atoms with Crippen molar-refractivity contribution in [2.75, 3.05) is 18.4 Å². The van der Waals surface area contributed by atoms with E-state index in [0.29, 0.717) is 5.92 Å². The highest BCUT2D eigenvalue weighted by Crippen LogP contribution is 2.27. The van der Waals surface area contributed by atoms with Crippen LogP contribution in [0.3, 0.4) is 0 Å². The van der Waals surface area contributed by atoms with Crippen LogP contribution in [-0.4, -0.2) is 28.0 Å². The summed E-state index contributed by atoms with van der Waals surface area (Å²) in [6, 6.07) is 5.78. The van der Waals surface area contributed by atoms with Gasteiger partial charge in [0, 0.05) is 31.1 Å². The second-order valence-electron chi connectivity index (χ2n) is 4.67. The summed E-state index contributed by atoms with van der Waals surface area (Å²) in [5.41, 5.74) is 1.03. The van der Waals surface area contributed by atoms with E-state index in [4.69, 9.17) is 0 Å². The normalized spacial score (nSPS) is 19.1. The van der Waals surface area contributed by atoms with Crippen molar-refractivity contribution in [1.29, 1.82) is 0 Å². The molecule has 0 saturated carbocycles. The second-order valence-corrected chi connectivity index (χ2v) is 4.67. The van der Waals surface area contributed by atoms with E-state index < -0.39 is 0 Å². The molecule has 1 unspecified atom stereocenters. The zero-order valence-corrected chi connectivity index (χ0v) is 10.7. The van der Waals surface area contributed by atoms with E-state index >= 15 is 0 Å². The van der Waals surface area contributed by atoms with Crippen molar-refractivity contribution in [1.82, 2.24) is 20.3 Å². The van der Waals surface area contributed by atoms with Crippen molar-refractivity contribution >= 4 is 11.6 Å². The van der Waals surface area contributed by atoms with E-state index in [9.17, 15) is 0 Å². The SMILES string of the molecule is c1ccc(Nc2nccnc2C2CCCNC2)nc1. The lowest BCUT2D eigenvalue weighted by Crippen LogP contribution is -2.29. The Morgan fingerprint density at radius 3 is 2.84 bits per heavy atom. The second kappa shape index (κ2) is 5.75. The van der Waals surface area contributed by atoms with Gasteiger partial charge in [0.15, 0.2) is 5.82 Å². The molecule has 0 spiro atoms. The van der Waals surface area contributed by atoms with Crippen LogP contribution >= 0.6 is 0 Å². The van der Waals surface area contributed by atoms with Crippen LogP contribution in [0, 0.1) is 0 Å². The van der Waals surface area contributed by atoms with E-state index in [1.165, 1.54) is 6.42 Å². The molecule has 1 aliphatic heterocycles. The molecule has 5 nitrogen and oxygen atoms in total. The highest BCUT2D eigenvalue weighted by Gasteiger charge is 2.20. The number of piperidine rings is 1. The van der Waals surface area contributed by atoms with E-state index in [1.54, 1.807) is 18.6 Å². The molecule has 3 rings (SSSR count). The molecule has 98 valence electrons. The van der Waals surface area contributed by atoms with Gasteiger partial charge in [0.25, 0.3) is 0 Å². The number of rotatable bonds is 3. The van der Waals surface area contributed by atoms with Gasteiger partial charge in [-0.2, -0.15) is 0 Å². The number of hydrogen-bond donors (Lipinski definition) is 2. The van der Waals surface area contributed by atoms with E-state index in [-0.39, 0.29) is 0 Å². The zero-order chi connectivity index (χ0) is 12.9. The van der Waals surface area contributed by atoms with Crippen molar-refractivity contribution in [2.45, 2.75) is 18.8 Å². The number of nitrogens with zero attached hydrogens (tertiary/aromatic N) is 3. The van der Waals surface area contributed by atoms with E-state index in [0.717, 1.165) is 36.8 Å². The number of hydrogen-bond acceptors (Lipinski definition) is 5. The summed E-state index contributed by atoms with van der Waals surface area (Å²) in [5, 5.41) is 6.67. The van der Waals surface area contributed by atoms with Gasteiger partial charge >= 0.3 is 0 Å². The Morgan fingerprint density at radius 2 is 2.05 bits per heavy atom. The Hall–Kier alpha value is -2.01. The topological polar surface area (TPSA) is 62.7 Å². The first kappa shape index (κ1) is 12.0. The molecular formula is C14H17N5. The maximum atomic E-state index is 4.51. The molecule has 1 aliphatic rings. The minimum absolute atomic E-state index is 0.425. The number of pyridine rings is 1. The third kappa shape index (κ3) is 2.88. The molecule has 0 aliphatic carbocycles. The largest absolute Gasteiger partial charge is 0.323 e. The van der Waals surface area contributed by atoms with Crippen molar-refractivity contribution in [3.63, 3.8) is 0 Å². The quantitative estimate of drug-likeness (QED) is 0.879. The summed E-state index contributed by atoms with van der Waals surface area (Å²) in [6.45, 7) is 2.06. The van der Waals surface area contributed by atoms with Crippen LogP contribution in [0.2, 0.25) is 0 Å². The fourth-order valence-corrected chi connectivity index (χ4v) is 2.39. The molecule has 0 amide bonds. The maximum absolute atomic E-state index is 4.51. The Bertz CT molecular complexity index is 522. The fourth-order valence-electron chi connectivity index (χ4n) is 2.39. The van der Waals surface area contributed by atoms with Gasteiger partial charge in [-0.05, 0) is 31.5 Å². The monoisotopic (exact) mass is 255 g/mol. The molecule has 0 bridgehead atoms. The predicted octanol–water partition coefficient (Wildman–Crippen LogP) is 2.08. The van der Waals surface area contributed by atoms with Gasteiger partial charge in [0.2, 0.25) is 0 Å². The fraction of sp³-hybridized carbons (Fsp3) is 0.357. The molecule has 1 saturated heterocycles. The van der Waals surface area contributed by atoms with E-state index in [1.807, 2.05) is 18.2 Å². The van der Waals surface area contributed by atoms with Gasteiger partial charge in [0.1, 0.15) is 5.82 Å². The van der Waals surface area contributed by atoms with Gasteiger partial charge in [-0.3, -0.25) is 4.98 Å². The number of aromatic nitrogens is 3. The number of anilines is 2. The lowest BCUT2D eigenvalue weighted by Gasteiger charge is -2.23. The molecule has 0 aromatic carbocycles. The molecule has 3 heterocycles. The summed E-state index contributed by atoms with van der Waals surface area (Å²) in [7, 11) is 0. The summed E-state index contributed by atoms with van der Waals surface area (Å²) >= 11 is 0. The molecule has 2 aromatic heterocycles. The van der Waals surface area contributed by atoms with Gasteiger partial charge < -0.3 is 10.6 Å². The Balaban J connectivity index is 1.84. The first-order chi connectivity index (χ1) is 9.43. The van der Waals surface area contributed by atoms with Crippen molar-refractivity contribution < 1.29 is 0 Å². The summed E-state index contributed by atoms with van der Waals surface area (Å²) in [6.07, 6.45) is 7.58. The Labute approximate surface area is 112 Å². The first-order valence-corrected chi connectivity index (χ1v) is 6.63. The van der Waals surface area contributed by atoms with Gasteiger partial charge in [0.05, 0.1) is 5.69 Å². The lowest BCUT2D eigenvalue weighted by molar-refractivity contribution is 0.455. The third-order valence-electron chi connectivity index (χ3n) is 3.32. The van der Waals surface area contributed by atoms with Crippen LogP contribution in [0.1, 0.15) is 24.5 Å². The van der Waals surface area contributed by atoms with Crippen LogP contribution in [0.4, 0.5) is 11.6 Å². The Morgan fingerprint density at radius 1 is 1.11 bits per heavy atom. The van der Waals surface area contributed by atoms with Crippen LogP contribution in [0.5, 0.6) is 0 Å². The van der Waals surface area contributed by atoms with Gasteiger partial charge in [-0.25, -0.2) is 9.97 Å². The summed E-state index contributed by atoms with van der Waals surface area (Å²) in [4.78, 5) is 13.2. The van der Waals surface area contributed by atoms with Gasteiger partial charge in [-0.15, -0.1) is 0 Å². The van der Waals surface area contributed by atoms with Crippen LogP contribution < -0.4 is 10.6 Å². The smallest absolute Gasteiger partial charge is 0.153 e. The lowest BCUT2D eigenvalue weighted by atomic mass is 9.96. The van der Waals surface area contributed by atoms with Crippen molar-refractivity contribution in [3.05, 3.63) is 42.5 Å². The molecule has 1 atom stereocenters. The summed E-state index contributed by atoms with van der Waals surface area (Å²) in [5.74, 6) is 2.04. The van der Waals surface area contributed by atoms with Crippen molar-refractivity contribution in [2.24, 2.45) is 0 Å². The molecule has 1 fully saturated rings. The molecule has 2 N–H and O–H groups in total. The average Bonchev–Trinajstić information content (AvgIpc) is 2.50. The molecular weight excluding hydrogens is 238 g/mol. The summed E-state index contributed by atoms with van der Waals surface area (Å²) < 4.78 is 0. The molecule has 0 radical (unpaired) electrons. The van der Waals surface area contributed by atoms with Crippen LogP contribution in [-0.2, 0) is 0 Å². The first-order valence-electron chi connectivity index (χ1n) is 6.63. The van der Waals surface area contributed by atoms with E-state index in [2.05, 4.69) is 25.6 Å². The van der Waals surface area contributed by atoms with Crippen molar-refractivity contribution in [3.8, 4) is 0 Å². The Kier molecular flexibility index (Phi) is 3.65. The highest BCUT2D eigenvalue weighted by atomic mass is 15.1. The molecule has 5 heteroatoms. The highest BCUT2D eigenvalue weighted by molar-refractivity contribution is 5.54. The molecule has 2 aromatic rings. The predicted molar refractivity (Wildman–Crippen MR) is 74.4 cm³/mol. The number of nitrogens with one attached hydrogen (secondary N) is 2. The van der Waals surface area contributed by atoms with Crippen LogP contribution in [0.25, 0.3) is 0 Å². The minimum atomic E-state index is 0.425. The van der Waals surface area contributed by atoms with Gasteiger partial charge in [-0.1, -0.05) is 6.07 Å². The minimum Gasteiger partial charge on any atom is -0.323 e. The third-order valence-corrected chi connectivity index (χ3v) is 3.32. The molecule has 19 heavy (non-hydrogen) atoms. The average molecular weight is 255 g/mol. The van der Waals surface area contributed by atoms with Crippen LogP contribution in [0.15, 0.2) is 36.8 Å². The standard InChI is InChI=1S/C14H17N5/c1-2-7-16-12(5-1)19-14-13(17-8-9-18-14)11-4-3-6-15-10-11/h1-2,5,7-9,11,15H,3-4,6,10H2,(H,16,18,19). The zero-order valence-electron chi connectivity index (χ0n) is 10.7. The maximum Gasteiger partial charge on any atom is 0.153 e.